The fourth-order valence-corrected chi connectivity index (χ4v) is 2.19. The summed E-state index contributed by atoms with van der Waals surface area (Å²) in [6, 6.07) is 6.00. The van der Waals surface area contributed by atoms with Crippen LogP contribution >= 0.6 is 0 Å². The van der Waals surface area contributed by atoms with E-state index in [1.165, 1.54) is 30.7 Å². The normalized spacial score (nSPS) is 16.3. The Hall–Kier alpha value is -1.59. The van der Waals surface area contributed by atoms with Crippen molar-refractivity contribution in [1.82, 2.24) is 0 Å². The molecular formula is C13H17NO4. The van der Waals surface area contributed by atoms with E-state index in [-0.39, 0.29) is 22.8 Å². The Morgan fingerprint density at radius 2 is 1.72 bits per heavy atom. The highest BCUT2D eigenvalue weighted by Crippen LogP contribution is 2.26. The first kappa shape index (κ1) is 12.9. The second-order valence-electron chi connectivity index (χ2n) is 4.54. The fraction of sp³-hybridized carbons (Fsp3) is 0.462. The van der Waals surface area contributed by atoms with Crippen LogP contribution in [0.25, 0.3) is 0 Å². The Morgan fingerprint density at radius 3 is 2.28 bits per heavy atom. The van der Waals surface area contributed by atoms with Crippen LogP contribution in [-0.4, -0.2) is 16.4 Å². The number of ether oxygens (including phenoxy) is 1. The summed E-state index contributed by atoms with van der Waals surface area (Å²) in [5.41, 5.74) is 0.215. The Morgan fingerprint density at radius 1 is 1.11 bits per heavy atom. The number of nitrogens with zero attached hydrogens (tertiary/aromatic N) is 1. The predicted octanol–water partition coefficient (Wildman–Crippen LogP) is 2.76. The number of hydrogen-bond acceptors (Lipinski definition) is 5. The number of benzene rings is 1. The van der Waals surface area contributed by atoms with E-state index in [1.807, 2.05) is 0 Å². The lowest BCUT2D eigenvalue weighted by atomic mass is 9.89. The Balaban J connectivity index is 1.94. The molecular weight excluding hydrogens is 234 g/mol. The summed E-state index contributed by atoms with van der Waals surface area (Å²) < 4.78 is 5.27. The van der Waals surface area contributed by atoms with Crippen molar-refractivity contribution in [3.05, 3.63) is 24.3 Å². The maximum absolute atomic E-state index is 11.9. The van der Waals surface area contributed by atoms with Crippen LogP contribution in [0.15, 0.2) is 24.3 Å². The molecule has 1 aliphatic carbocycles. The average molecular weight is 251 g/mol. The summed E-state index contributed by atoms with van der Waals surface area (Å²) >= 11 is 0. The van der Waals surface area contributed by atoms with Crippen molar-refractivity contribution >= 4 is 11.7 Å². The van der Waals surface area contributed by atoms with Gasteiger partial charge in [-0.25, -0.2) is 0 Å². The molecule has 18 heavy (non-hydrogen) atoms. The highest BCUT2D eigenvalue weighted by atomic mass is 16.8. The van der Waals surface area contributed by atoms with E-state index >= 15 is 0 Å². The third-order valence-electron chi connectivity index (χ3n) is 3.22. The molecule has 1 aromatic rings. The number of anilines is 1. The summed E-state index contributed by atoms with van der Waals surface area (Å²) in [7, 11) is 0. The van der Waals surface area contributed by atoms with Crippen LogP contribution in [0.1, 0.15) is 32.1 Å². The van der Waals surface area contributed by atoms with E-state index in [2.05, 4.69) is 0 Å². The van der Waals surface area contributed by atoms with Crippen molar-refractivity contribution in [3.8, 4) is 5.75 Å². The molecule has 0 radical (unpaired) electrons. The first-order valence-corrected chi connectivity index (χ1v) is 6.16. The molecule has 0 bridgehead atoms. The van der Waals surface area contributed by atoms with Gasteiger partial charge >= 0.3 is 5.97 Å². The minimum absolute atomic E-state index is 0.00519. The summed E-state index contributed by atoms with van der Waals surface area (Å²) in [4.78, 5) is 11.9. The maximum Gasteiger partial charge on any atom is 0.314 e. The molecule has 1 aliphatic rings. The minimum atomic E-state index is -0.188. The summed E-state index contributed by atoms with van der Waals surface area (Å²) in [6.07, 6.45) is 5.17. The Bertz CT molecular complexity index is 396. The first-order valence-electron chi connectivity index (χ1n) is 6.16. The van der Waals surface area contributed by atoms with Gasteiger partial charge < -0.3 is 4.74 Å². The number of rotatable bonds is 3. The summed E-state index contributed by atoms with van der Waals surface area (Å²) in [5, 5.41) is 17.6. The molecule has 0 amide bonds. The molecule has 2 N–H and O–H groups in total. The molecule has 1 saturated carbocycles. The first-order chi connectivity index (χ1) is 8.66. The number of carbonyl (C=O) groups is 1. The predicted molar refractivity (Wildman–Crippen MR) is 64.7 cm³/mol. The smallest absolute Gasteiger partial charge is 0.314 e. The van der Waals surface area contributed by atoms with Crippen LogP contribution in [0.3, 0.4) is 0 Å². The molecule has 1 fully saturated rings. The molecule has 0 spiro atoms. The van der Waals surface area contributed by atoms with Gasteiger partial charge in [0.25, 0.3) is 0 Å². The van der Waals surface area contributed by atoms with Crippen LogP contribution < -0.4 is 9.96 Å². The van der Waals surface area contributed by atoms with Gasteiger partial charge in [0.1, 0.15) is 5.75 Å². The van der Waals surface area contributed by atoms with Crippen LogP contribution in [0.4, 0.5) is 5.69 Å². The molecule has 0 aliphatic heterocycles. The van der Waals surface area contributed by atoms with E-state index in [4.69, 9.17) is 15.2 Å². The van der Waals surface area contributed by atoms with Crippen molar-refractivity contribution in [2.24, 2.45) is 5.92 Å². The molecule has 0 unspecified atom stereocenters. The van der Waals surface area contributed by atoms with E-state index in [0.29, 0.717) is 5.75 Å². The lowest BCUT2D eigenvalue weighted by Gasteiger charge is -2.19. The van der Waals surface area contributed by atoms with Crippen molar-refractivity contribution < 1.29 is 19.9 Å². The van der Waals surface area contributed by atoms with Gasteiger partial charge in [0.15, 0.2) is 0 Å². The van der Waals surface area contributed by atoms with Crippen LogP contribution in [0.5, 0.6) is 5.75 Å². The SMILES string of the molecule is O=C(Oc1ccc(N(O)O)cc1)C1CCCCC1. The molecule has 5 nitrogen and oxygen atoms in total. The zero-order valence-corrected chi connectivity index (χ0v) is 10.1. The zero-order chi connectivity index (χ0) is 13.0. The molecule has 0 saturated heterocycles. The number of hydrogen-bond donors (Lipinski definition) is 2. The number of esters is 1. The standard InChI is InChI=1S/C13H17NO4/c15-13(10-4-2-1-3-5-10)18-12-8-6-11(7-9-12)14(16)17/h6-10,16-17H,1-5H2. The van der Waals surface area contributed by atoms with Gasteiger partial charge in [-0.3, -0.25) is 15.2 Å². The maximum atomic E-state index is 11.9. The highest BCUT2D eigenvalue weighted by Gasteiger charge is 2.22. The summed E-state index contributed by atoms with van der Waals surface area (Å²) in [5.74, 6) is 0.245. The van der Waals surface area contributed by atoms with Gasteiger partial charge in [-0.15, -0.1) is 5.23 Å². The second-order valence-corrected chi connectivity index (χ2v) is 4.54. The fourth-order valence-electron chi connectivity index (χ4n) is 2.19. The topological polar surface area (TPSA) is 70.0 Å². The Kier molecular flexibility index (Phi) is 4.17. The zero-order valence-electron chi connectivity index (χ0n) is 10.1. The highest BCUT2D eigenvalue weighted by molar-refractivity contribution is 5.75. The van der Waals surface area contributed by atoms with Gasteiger partial charge in [-0.2, -0.15) is 0 Å². The molecule has 2 rings (SSSR count). The summed E-state index contributed by atoms with van der Waals surface area (Å²) in [6.45, 7) is 0. The quantitative estimate of drug-likeness (QED) is 0.491. The third-order valence-corrected chi connectivity index (χ3v) is 3.22. The molecule has 5 heteroatoms. The Labute approximate surface area is 106 Å². The van der Waals surface area contributed by atoms with E-state index in [1.54, 1.807) is 0 Å². The van der Waals surface area contributed by atoms with Crippen molar-refractivity contribution in [2.75, 3.05) is 5.23 Å². The molecule has 0 aromatic heterocycles. The van der Waals surface area contributed by atoms with Gasteiger partial charge in [-0.1, -0.05) is 19.3 Å². The number of carbonyl (C=O) groups excluding carboxylic acids is 1. The monoisotopic (exact) mass is 251 g/mol. The molecule has 0 atom stereocenters. The lowest BCUT2D eigenvalue weighted by Crippen LogP contribution is -2.22. The third kappa shape index (κ3) is 3.21. The lowest BCUT2D eigenvalue weighted by molar-refractivity contribution is -0.139. The van der Waals surface area contributed by atoms with E-state index < -0.39 is 0 Å². The van der Waals surface area contributed by atoms with Gasteiger partial charge in [0.2, 0.25) is 0 Å². The minimum Gasteiger partial charge on any atom is -0.426 e. The second kappa shape index (κ2) is 5.84. The van der Waals surface area contributed by atoms with E-state index in [9.17, 15) is 4.79 Å². The molecule has 1 aromatic carbocycles. The van der Waals surface area contributed by atoms with Crippen LogP contribution in [0, 0.1) is 5.92 Å². The van der Waals surface area contributed by atoms with Crippen molar-refractivity contribution in [1.29, 1.82) is 0 Å². The molecule has 98 valence electrons. The molecule has 0 heterocycles. The van der Waals surface area contributed by atoms with Crippen LogP contribution in [0.2, 0.25) is 0 Å². The van der Waals surface area contributed by atoms with Gasteiger partial charge in [0, 0.05) is 0 Å². The van der Waals surface area contributed by atoms with Gasteiger partial charge in [-0.05, 0) is 37.1 Å². The van der Waals surface area contributed by atoms with Crippen molar-refractivity contribution in [2.45, 2.75) is 32.1 Å². The van der Waals surface area contributed by atoms with Gasteiger partial charge in [0.05, 0.1) is 11.6 Å². The van der Waals surface area contributed by atoms with E-state index in [0.717, 1.165) is 25.7 Å². The largest absolute Gasteiger partial charge is 0.426 e. The average Bonchev–Trinajstić information content (AvgIpc) is 2.40. The van der Waals surface area contributed by atoms with Crippen molar-refractivity contribution in [3.63, 3.8) is 0 Å². The van der Waals surface area contributed by atoms with Crippen LogP contribution in [-0.2, 0) is 4.79 Å².